The number of rotatable bonds is 3. The van der Waals surface area contributed by atoms with Crippen molar-refractivity contribution in [1.82, 2.24) is 4.98 Å². The monoisotopic (exact) mass is 334 g/mol. The molecule has 0 saturated carbocycles. The minimum Gasteiger partial charge on any atom is -0.352 e. The summed E-state index contributed by atoms with van der Waals surface area (Å²) in [6.07, 6.45) is 4.79. The SMILES string of the molecule is C=C(CC)c1cnc(Cl)c2c1Nc1c(SC)cccc1S2. The Balaban J connectivity index is 2.17. The van der Waals surface area contributed by atoms with Gasteiger partial charge in [-0.25, -0.2) is 4.98 Å². The molecule has 0 bridgehead atoms. The molecule has 0 radical (unpaired) electrons. The predicted octanol–water partition coefficient (Wildman–Crippen LogP) is 6.09. The molecule has 3 rings (SSSR count). The summed E-state index contributed by atoms with van der Waals surface area (Å²) in [5.41, 5.74) is 4.29. The zero-order valence-electron chi connectivity index (χ0n) is 11.9. The topological polar surface area (TPSA) is 24.9 Å². The van der Waals surface area contributed by atoms with Crippen molar-refractivity contribution in [2.45, 2.75) is 28.0 Å². The Labute approximate surface area is 138 Å². The zero-order chi connectivity index (χ0) is 15.0. The maximum absolute atomic E-state index is 6.30. The van der Waals surface area contributed by atoms with Gasteiger partial charge in [-0.1, -0.05) is 42.9 Å². The van der Waals surface area contributed by atoms with Crippen LogP contribution in [0.3, 0.4) is 0 Å². The van der Waals surface area contributed by atoms with Crippen LogP contribution in [0.25, 0.3) is 5.57 Å². The Kier molecular flexibility index (Phi) is 4.20. The minimum absolute atomic E-state index is 0.537. The van der Waals surface area contributed by atoms with Crippen molar-refractivity contribution in [3.8, 4) is 0 Å². The van der Waals surface area contributed by atoms with E-state index in [1.54, 1.807) is 23.5 Å². The molecule has 5 heteroatoms. The second-order valence-corrected chi connectivity index (χ2v) is 6.94. The molecule has 1 aromatic heterocycles. The number of halogens is 1. The van der Waals surface area contributed by atoms with Crippen LogP contribution in [0.2, 0.25) is 5.15 Å². The number of aromatic nitrogens is 1. The van der Waals surface area contributed by atoms with E-state index in [2.05, 4.69) is 48.3 Å². The van der Waals surface area contributed by atoms with E-state index < -0.39 is 0 Å². The average molecular weight is 335 g/mol. The van der Waals surface area contributed by atoms with Crippen molar-refractivity contribution < 1.29 is 0 Å². The van der Waals surface area contributed by atoms with Gasteiger partial charge in [-0.05, 0) is 30.4 Å². The van der Waals surface area contributed by atoms with Crippen molar-refractivity contribution in [3.05, 3.63) is 41.7 Å². The molecule has 0 spiro atoms. The van der Waals surface area contributed by atoms with Crippen LogP contribution in [0.5, 0.6) is 0 Å². The molecule has 108 valence electrons. The summed E-state index contributed by atoms with van der Waals surface area (Å²) in [4.78, 5) is 7.70. The number of thioether (sulfide) groups is 1. The standard InChI is InChI=1S/C16H15ClN2S2/c1-4-9(2)10-8-18-16(17)15-13(10)19-14-11(20-3)6-5-7-12(14)21-15/h5-8,19H,2,4H2,1,3H3. The van der Waals surface area contributed by atoms with Crippen LogP contribution in [-0.4, -0.2) is 11.2 Å². The fraction of sp³-hybridized carbons (Fsp3) is 0.188. The van der Waals surface area contributed by atoms with Crippen LogP contribution in [0.15, 0.2) is 45.7 Å². The zero-order valence-corrected chi connectivity index (χ0v) is 14.3. The lowest BCUT2D eigenvalue weighted by atomic mass is 10.1. The average Bonchev–Trinajstić information content (AvgIpc) is 2.52. The Morgan fingerprint density at radius 3 is 2.95 bits per heavy atom. The van der Waals surface area contributed by atoms with Crippen LogP contribution >= 0.6 is 35.1 Å². The first-order valence-corrected chi connectivity index (χ1v) is 9.06. The van der Waals surface area contributed by atoms with Gasteiger partial charge in [0.2, 0.25) is 0 Å². The van der Waals surface area contributed by atoms with Gasteiger partial charge >= 0.3 is 0 Å². The van der Waals surface area contributed by atoms with Gasteiger partial charge in [0.25, 0.3) is 0 Å². The van der Waals surface area contributed by atoms with Crippen LogP contribution in [0, 0.1) is 0 Å². The smallest absolute Gasteiger partial charge is 0.145 e. The molecule has 0 unspecified atom stereocenters. The van der Waals surface area contributed by atoms with E-state index in [0.29, 0.717) is 5.15 Å². The highest BCUT2D eigenvalue weighted by Gasteiger charge is 2.24. The van der Waals surface area contributed by atoms with Crippen LogP contribution in [0.1, 0.15) is 18.9 Å². The fourth-order valence-corrected chi connectivity index (χ4v) is 4.20. The van der Waals surface area contributed by atoms with Crippen molar-refractivity contribution in [2.75, 3.05) is 11.6 Å². The van der Waals surface area contributed by atoms with Gasteiger partial charge in [0.15, 0.2) is 0 Å². The lowest BCUT2D eigenvalue weighted by Gasteiger charge is -2.25. The summed E-state index contributed by atoms with van der Waals surface area (Å²) in [5, 5.41) is 4.10. The molecule has 0 amide bonds. The number of allylic oxidation sites excluding steroid dienone is 1. The number of hydrogen-bond donors (Lipinski definition) is 1. The molecule has 21 heavy (non-hydrogen) atoms. The third kappa shape index (κ3) is 2.56. The van der Waals surface area contributed by atoms with Crippen molar-refractivity contribution in [1.29, 1.82) is 0 Å². The number of para-hydroxylation sites is 1. The van der Waals surface area contributed by atoms with Crippen molar-refractivity contribution >= 4 is 52.1 Å². The van der Waals surface area contributed by atoms with Crippen LogP contribution in [-0.2, 0) is 0 Å². The highest BCUT2D eigenvalue weighted by atomic mass is 35.5. The van der Waals surface area contributed by atoms with E-state index in [1.807, 2.05) is 6.20 Å². The second kappa shape index (κ2) is 5.95. The normalized spacial score (nSPS) is 12.3. The molecule has 1 aromatic carbocycles. The number of nitrogens with zero attached hydrogens (tertiary/aromatic N) is 1. The molecular weight excluding hydrogens is 320 g/mol. The molecule has 0 aliphatic carbocycles. The lowest BCUT2D eigenvalue weighted by molar-refractivity contribution is 1.15. The molecule has 2 aromatic rings. The third-order valence-electron chi connectivity index (χ3n) is 3.47. The summed E-state index contributed by atoms with van der Waals surface area (Å²) in [6, 6.07) is 6.30. The van der Waals surface area contributed by atoms with Gasteiger partial charge in [0.05, 0.1) is 16.3 Å². The van der Waals surface area contributed by atoms with Gasteiger partial charge < -0.3 is 5.32 Å². The largest absolute Gasteiger partial charge is 0.352 e. The van der Waals surface area contributed by atoms with E-state index >= 15 is 0 Å². The quantitative estimate of drug-likeness (QED) is 0.463. The van der Waals surface area contributed by atoms with Gasteiger partial charge in [0.1, 0.15) is 5.15 Å². The highest BCUT2D eigenvalue weighted by Crippen LogP contribution is 2.51. The third-order valence-corrected chi connectivity index (χ3v) is 5.81. The van der Waals surface area contributed by atoms with Gasteiger partial charge in [-0.15, -0.1) is 11.8 Å². The van der Waals surface area contributed by atoms with Gasteiger partial charge in [-0.2, -0.15) is 0 Å². The molecule has 2 heterocycles. The number of benzene rings is 1. The summed E-state index contributed by atoms with van der Waals surface area (Å²) < 4.78 is 0. The molecule has 1 N–H and O–H groups in total. The molecule has 2 nitrogen and oxygen atoms in total. The van der Waals surface area contributed by atoms with E-state index in [9.17, 15) is 0 Å². The maximum Gasteiger partial charge on any atom is 0.145 e. The van der Waals surface area contributed by atoms with Gasteiger partial charge in [-0.3, -0.25) is 0 Å². The number of anilines is 2. The molecule has 0 fully saturated rings. The number of pyridine rings is 1. The fourth-order valence-electron chi connectivity index (χ4n) is 2.27. The first-order valence-electron chi connectivity index (χ1n) is 6.64. The van der Waals surface area contributed by atoms with Crippen molar-refractivity contribution in [2.24, 2.45) is 0 Å². The second-order valence-electron chi connectivity index (χ2n) is 4.68. The Morgan fingerprint density at radius 1 is 1.43 bits per heavy atom. The Hall–Kier alpha value is -1.10. The molecule has 1 aliphatic heterocycles. The number of hydrogen-bond acceptors (Lipinski definition) is 4. The maximum atomic E-state index is 6.30. The van der Waals surface area contributed by atoms with Gasteiger partial charge in [0, 0.05) is 21.6 Å². The molecule has 0 atom stereocenters. The first-order chi connectivity index (χ1) is 10.2. The molecule has 0 saturated heterocycles. The van der Waals surface area contributed by atoms with Crippen LogP contribution in [0.4, 0.5) is 11.4 Å². The number of nitrogens with one attached hydrogen (secondary N) is 1. The molecular formula is C16H15ClN2S2. The van der Waals surface area contributed by atoms with E-state index in [-0.39, 0.29) is 0 Å². The Bertz CT molecular complexity index is 728. The first kappa shape index (κ1) is 14.8. The van der Waals surface area contributed by atoms with E-state index in [0.717, 1.165) is 33.8 Å². The number of fused-ring (bicyclic) bond motifs is 2. The summed E-state index contributed by atoms with van der Waals surface area (Å²) in [5.74, 6) is 0. The van der Waals surface area contributed by atoms with Crippen molar-refractivity contribution in [3.63, 3.8) is 0 Å². The van der Waals surface area contributed by atoms with E-state index in [4.69, 9.17) is 11.6 Å². The molecule has 1 aliphatic rings. The highest BCUT2D eigenvalue weighted by molar-refractivity contribution is 8.00. The van der Waals surface area contributed by atoms with E-state index in [1.165, 1.54) is 9.79 Å². The summed E-state index contributed by atoms with van der Waals surface area (Å²) >= 11 is 9.70. The predicted molar refractivity (Wildman–Crippen MR) is 94.2 cm³/mol. The summed E-state index contributed by atoms with van der Waals surface area (Å²) in [7, 11) is 0. The minimum atomic E-state index is 0.537. The lowest BCUT2D eigenvalue weighted by Crippen LogP contribution is -2.05. The summed E-state index contributed by atoms with van der Waals surface area (Å²) in [6.45, 7) is 6.24. The Morgan fingerprint density at radius 2 is 2.24 bits per heavy atom. The van der Waals surface area contributed by atoms with Crippen LogP contribution < -0.4 is 5.32 Å².